The molecule has 0 atom stereocenters. The van der Waals surface area contributed by atoms with Gasteiger partial charge in [-0.1, -0.05) is 43.3 Å². The molecule has 0 aliphatic heterocycles. The highest BCUT2D eigenvalue weighted by Crippen LogP contribution is 2.26. The highest BCUT2D eigenvalue weighted by molar-refractivity contribution is 7.12. The van der Waals surface area contributed by atoms with Crippen molar-refractivity contribution >= 4 is 28.9 Å². The van der Waals surface area contributed by atoms with Gasteiger partial charge in [-0.15, -0.1) is 11.3 Å². The number of ether oxygens (including phenoxy) is 1. The lowest BCUT2D eigenvalue weighted by Crippen LogP contribution is -2.12. The number of benzene rings is 2. The zero-order valence-corrected chi connectivity index (χ0v) is 15.1. The molecular weight excluding hydrogens is 348 g/mol. The van der Waals surface area contributed by atoms with Crippen molar-refractivity contribution in [2.75, 3.05) is 11.9 Å². The molecule has 0 fully saturated rings. The number of nitrogens with zero attached hydrogens (tertiary/aromatic N) is 1. The Bertz CT molecular complexity index is 906. The van der Waals surface area contributed by atoms with Crippen molar-refractivity contribution in [1.82, 2.24) is 4.98 Å². The third-order valence-corrected chi connectivity index (χ3v) is 4.44. The number of hydrogen-bond acceptors (Lipinski definition) is 5. The maximum Gasteiger partial charge on any atom is 0.338 e. The molecule has 1 amide bonds. The van der Waals surface area contributed by atoms with E-state index in [4.69, 9.17) is 4.74 Å². The Balaban J connectivity index is 1.77. The number of hydrogen-bond donors (Lipinski definition) is 1. The predicted molar refractivity (Wildman–Crippen MR) is 103 cm³/mol. The highest BCUT2D eigenvalue weighted by Gasteiger charge is 2.17. The third kappa shape index (κ3) is 4.15. The van der Waals surface area contributed by atoms with E-state index in [2.05, 4.69) is 10.3 Å². The van der Waals surface area contributed by atoms with E-state index in [9.17, 15) is 9.59 Å². The van der Waals surface area contributed by atoms with Crippen molar-refractivity contribution in [2.45, 2.75) is 13.3 Å². The number of carbonyl (C=O) groups excluding carboxylic acids is 2. The summed E-state index contributed by atoms with van der Waals surface area (Å²) in [4.78, 5) is 29.5. The average molecular weight is 366 g/mol. The van der Waals surface area contributed by atoms with E-state index >= 15 is 0 Å². The summed E-state index contributed by atoms with van der Waals surface area (Å²) in [7, 11) is 0. The molecule has 0 spiro atoms. The molecule has 5 nitrogen and oxygen atoms in total. The molecule has 1 aromatic heterocycles. The molecule has 0 saturated carbocycles. The Morgan fingerprint density at radius 2 is 1.92 bits per heavy atom. The summed E-state index contributed by atoms with van der Waals surface area (Å²) in [5, 5.41) is 2.83. The number of thiazole rings is 1. The maximum absolute atomic E-state index is 12.7. The Morgan fingerprint density at radius 3 is 2.69 bits per heavy atom. The van der Waals surface area contributed by atoms with Crippen LogP contribution in [0.25, 0.3) is 11.3 Å². The minimum absolute atomic E-state index is 0.259. The molecule has 0 unspecified atom stereocenters. The first-order chi connectivity index (χ1) is 12.7. The van der Waals surface area contributed by atoms with E-state index in [1.807, 2.05) is 37.3 Å². The number of carbonyl (C=O) groups is 2. The van der Waals surface area contributed by atoms with E-state index in [0.717, 1.165) is 12.0 Å². The van der Waals surface area contributed by atoms with Gasteiger partial charge in [-0.05, 0) is 24.6 Å². The zero-order chi connectivity index (χ0) is 18.4. The molecule has 0 aliphatic rings. The largest absolute Gasteiger partial charge is 0.462 e. The zero-order valence-electron chi connectivity index (χ0n) is 14.3. The summed E-state index contributed by atoms with van der Waals surface area (Å²) in [6.45, 7) is 2.31. The molecule has 1 N–H and O–H groups in total. The maximum atomic E-state index is 12.7. The van der Waals surface area contributed by atoms with Gasteiger partial charge in [0.2, 0.25) is 0 Å². The van der Waals surface area contributed by atoms with Crippen molar-refractivity contribution in [3.63, 3.8) is 0 Å². The van der Waals surface area contributed by atoms with Crippen molar-refractivity contribution in [3.05, 3.63) is 70.5 Å². The van der Waals surface area contributed by atoms with Crippen LogP contribution in [0.1, 0.15) is 33.4 Å². The van der Waals surface area contributed by atoms with E-state index in [1.165, 1.54) is 11.3 Å². The lowest BCUT2D eigenvalue weighted by atomic mass is 10.1. The standard InChI is InChI=1S/C20H18N2O3S/c1-2-11-25-20(24)15-9-6-10-16(12-15)22-19(23)18-17(21-13-26-18)14-7-4-3-5-8-14/h3-10,12-13H,2,11H2,1H3,(H,22,23). The van der Waals surface area contributed by atoms with Gasteiger partial charge in [0, 0.05) is 11.3 Å². The summed E-state index contributed by atoms with van der Waals surface area (Å²) < 4.78 is 5.13. The van der Waals surface area contributed by atoms with Crippen LogP contribution >= 0.6 is 11.3 Å². The van der Waals surface area contributed by atoms with E-state index in [1.54, 1.807) is 29.8 Å². The summed E-state index contributed by atoms with van der Waals surface area (Å²) in [6, 6.07) is 16.3. The first kappa shape index (κ1) is 17.8. The molecule has 26 heavy (non-hydrogen) atoms. The van der Waals surface area contributed by atoms with Crippen LogP contribution in [0, 0.1) is 0 Å². The minimum Gasteiger partial charge on any atom is -0.462 e. The average Bonchev–Trinajstić information content (AvgIpc) is 3.17. The number of amides is 1. The number of anilines is 1. The van der Waals surface area contributed by atoms with Crippen LogP contribution < -0.4 is 5.32 Å². The van der Waals surface area contributed by atoms with Gasteiger partial charge < -0.3 is 10.1 Å². The van der Waals surface area contributed by atoms with Crippen LogP contribution in [0.3, 0.4) is 0 Å². The van der Waals surface area contributed by atoms with Gasteiger partial charge in [-0.3, -0.25) is 4.79 Å². The molecule has 3 rings (SSSR count). The van der Waals surface area contributed by atoms with Crippen molar-refractivity contribution in [1.29, 1.82) is 0 Å². The molecule has 1 heterocycles. The highest BCUT2D eigenvalue weighted by atomic mass is 32.1. The quantitative estimate of drug-likeness (QED) is 0.646. The minimum atomic E-state index is -0.397. The molecule has 0 aliphatic carbocycles. The van der Waals surface area contributed by atoms with Gasteiger partial charge in [-0.2, -0.15) is 0 Å². The lowest BCUT2D eigenvalue weighted by Gasteiger charge is -2.08. The van der Waals surface area contributed by atoms with Gasteiger partial charge in [0.25, 0.3) is 5.91 Å². The summed E-state index contributed by atoms with van der Waals surface area (Å²) in [5.41, 5.74) is 4.12. The number of rotatable bonds is 6. The second kappa shape index (κ2) is 8.40. The van der Waals surface area contributed by atoms with E-state index in [0.29, 0.717) is 28.4 Å². The molecule has 2 aromatic carbocycles. The fourth-order valence-corrected chi connectivity index (χ4v) is 3.10. The molecule has 0 bridgehead atoms. The Kier molecular flexibility index (Phi) is 5.76. The van der Waals surface area contributed by atoms with Gasteiger partial charge in [-0.25, -0.2) is 9.78 Å². The second-order valence-corrected chi connectivity index (χ2v) is 6.42. The lowest BCUT2D eigenvalue weighted by molar-refractivity contribution is 0.0505. The monoisotopic (exact) mass is 366 g/mol. The third-order valence-electron chi connectivity index (χ3n) is 3.61. The van der Waals surface area contributed by atoms with Crippen molar-refractivity contribution in [3.8, 4) is 11.3 Å². The van der Waals surface area contributed by atoms with Gasteiger partial charge in [0.05, 0.1) is 23.4 Å². The van der Waals surface area contributed by atoms with E-state index < -0.39 is 5.97 Å². The predicted octanol–water partition coefficient (Wildman–Crippen LogP) is 4.63. The molecular formula is C20H18N2O3S. The van der Waals surface area contributed by atoms with Crippen LogP contribution in [0.4, 0.5) is 5.69 Å². The van der Waals surface area contributed by atoms with Crippen LogP contribution in [0.15, 0.2) is 60.1 Å². The van der Waals surface area contributed by atoms with Crippen LogP contribution in [0.5, 0.6) is 0 Å². The van der Waals surface area contributed by atoms with Crippen molar-refractivity contribution in [2.24, 2.45) is 0 Å². The number of nitrogens with one attached hydrogen (secondary N) is 1. The summed E-state index contributed by atoms with van der Waals surface area (Å²) >= 11 is 1.28. The van der Waals surface area contributed by atoms with Gasteiger partial charge in [0.15, 0.2) is 0 Å². The Labute approximate surface area is 155 Å². The molecule has 3 aromatic rings. The van der Waals surface area contributed by atoms with Crippen LogP contribution in [0.2, 0.25) is 0 Å². The number of aromatic nitrogens is 1. The topological polar surface area (TPSA) is 68.3 Å². The van der Waals surface area contributed by atoms with Crippen LogP contribution in [-0.2, 0) is 4.74 Å². The molecule has 0 saturated heterocycles. The van der Waals surface area contributed by atoms with Gasteiger partial charge >= 0.3 is 5.97 Å². The number of esters is 1. The van der Waals surface area contributed by atoms with Crippen LogP contribution in [-0.4, -0.2) is 23.5 Å². The summed E-state index contributed by atoms with van der Waals surface area (Å²) in [5.74, 6) is -0.656. The first-order valence-corrected chi connectivity index (χ1v) is 9.14. The molecule has 132 valence electrons. The smallest absolute Gasteiger partial charge is 0.338 e. The first-order valence-electron chi connectivity index (χ1n) is 8.26. The Hall–Kier alpha value is -2.99. The van der Waals surface area contributed by atoms with E-state index in [-0.39, 0.29) is 5.91 Å². The summed E-state index contributed by atoms with van der Waals surface area (Å²) in [6.07, 6.45) is 0.760. The van der Waals surface area contributed by atoms with Crippen molar-refractivity contribution < 1.29 is 14.3 Å². The van der Waals surface area contributed by atoms with Gasteiger partial charge in [0.1, 0.15) is 4.88 Å². The SMILES string of the molecule is CCCOC(=O)c1cccc(NC(=O)c2scnc2-c2ccccc2)c1. The normalized spacial score (nSPS) is 10.3. The fourth-order valence-electron chi connectivity index (χ4n) is 2.40. The Morgan fingerprint density at radius 1 is 1.12 bits per heavy atom. The molecule has 6 heteroatoms. The molecule has 0 radical (unpaired) electrons. The second-order valence-electron chi connectivity index (χ2n) is 5.57. The fraction of sp³-hybridized carbons (Fsp3) is 0.150.